The third kappa shape index (κ3) is 5.96. The fourth-order valence-corrected chi connectivity index (χ4v) is 4.72. The lowest BCUT2D eigenvalue weighted by Crippen LogP contribution is -2.32. The minimum absolute atomic E-state index is 0.225. The number of thiocarbonyl (C=S) groups is 2. The molecule has 0 bridgehead atoms. The summed E-state index contributed by atoms with van der Waals surface area (Å²) in [6, 6.07) is 15.6. The van der Waals surface area contributed by atoms with Crippen LogP contribution in [0.1, 0.15) is 19.4 Å². The molecule has 3 rings (SSSR count). The molecule has 9 heteroatoms. The molecular formula is C22H22N4O2S3. The van der Waals surface area contributed by atoms with Gasteiger partial charge in [0.05, 0.1) is 16.3 Å². The average Bonchev–Trinajstić information content (AvgIpc) is 3.02. The van der Waals surface area contributed by atoms with Gasteiger partial charge in [-0.2, -0.15) is 10.2 Å². The van der Waals surface area contributed by atoms with Gasteiger partial charge in [0.15, 0.2) is 0 Å². The molecule has 31 heavy (non-hydrogen) atoms. The minimum atomic E-state index is -0.969. The van der Waals surface area contributed by atoms with Gasteiger partial charge in [-0.25, -0.2) is 0 Å². The predicted octanol–water partition coefficient (Wildman–Crippen LogP) is 6.03. The number of benzene rings is 2. The third-order valence-corrected chi connectivity index (χ3v) is 6.58. The number of nitrogens with zero attached hydrogens (tertiary/aromatic N) is 4. The highest BCUT2D eigenvalue weighted by molar-refractivity contribution is 8.27. The lowest BCUT2D eigenvalue weighted by Gasteiger charge is -2.20. The Bertz CT molecular complexity index is 1030. The Morgan fingerprint density at radius 2 is 1.58 bits per heavy atom. The second-order valence-corrected chi connectivity index (χ2v) is 8.70. The van der Waals surface area contributed by atoms with E-state index in [9.17, 15) is 4.79 Å². The van der Waals surface area contributed by atoms with Gasteiger partial charge in [-0.05, 0) is 61.9 Å². The van der Waals surface area contributed by atoms with Crippen LogP contribution in [0.3, 0.4) is 0 Å². The molecule has 0 unspecified atom stereocenters. The number of anilines is 1. The first-order valence-corrected chi connectivity index (χ1v) is 11.4. The van der Waals surface area contributed by atoms with E-state index < -0.39 is 5.97 Å². The van der Waals surface area contributed by atoms with Crippen molar-refractivity contribution in [2.24, 2.45) is 10.2 Å². The number of rotatable bonds is 8. The van der Waals surface area contributed by atoms with Crippen LogP contribution < -0.4 is 4.90 Å². The van der Waals surface area contributed by atoms with Gasteiger partial charge in [0.2, 0.25) is 0 Å². The molecule has 1 aliphatic rings. The summed E-state index contributed by atoms with van der Waals surface area (Å²) < 4.78 is 0.455. The molecule has 2 aromatic rings. The lowest BCUT2D eigenvalue weighted by molar-refractivity contribution is -0.136. The van der Waals surface area contributed by atoms with Gasteiger partial charge < -0.3 is 14.9 Å². The van der Waals surface area contributed by atoms with Gasteiger partial charge in [0, 0.05) is 18.8 Å². The molecule has 0 atom stereocenters. The van der Waals surface area contributed by atoms with Crippen LogP contribution >= 0.6 is 36.2 Å². The molecule has 160 valence electrons. The van der Waals surface area contributed by atoms with Crippen molar-refractivity contribution in [2.75, 3.05) is 24.5 Å². The Kier molecular flexibility index (Phi) is 7.89. The van der Waals surface area contributed by atoms with Crippen LogP contribution in [0.2, 0.25) is 0 Å². The van der Waals surface area contributed by atoms with Crippen molar-refractivity contribution in [3.05, 3.63) is 59.0 Å². The van der Waals surface area contributed by atoms with Crippen LogP contribution in [0.15, 0.2) is 63.7 Å². The first-order valence-electron chi connectivity index (χ1n) is 9.75. The zero-order valence-corrected chi connectivity index (χ0v) is 19.6. The van der Waals surface area contributed by atoms with Crippen molar-refractivity contribution in [3.8, 4) is 0 Å². The van der Waals surface area contributed by atoms with Crippen molar-refractivity contribution < 1.29 is 9.90 Å². The van der Waals surface area contributed by atoms with Crippen molar-refractivity contribution in [1.29, 1.82) is 0 Å². The monoisotopic (exact) mass is 470 g/mol. The summed E-state index contributed by atoms with van der Waals surface area (Å²) in [6.07, 6.45) is 1.90. The van der Waals surface area contributed by atoms with Crippen LogP contribution in [0.25, 0.3) is 6.08 Å². The molecule has 1 N–H and O–H groups in total. The van der Waals surface area contributed by atoms with Crippen LogP contribution in [-0.4, -0.2) is 44.9 Å². The molecule has 1 aliphatic heterocycles. The summed E-state index contributed by atoms with van der Waals surface area (Å²) in [7, 11) is 0. The second-order valence-electron chi connectivity index (χ2n) is 6.64. The minimum Gasteiger partial charge on any atom is -0.480 e. The number of thioether (sulfide) groups is 1. The summed E-state index contributed by atoms with van der Waals surface area (Å²) in [4.78, 5) is 15.9. The SMILES string of the molecule is CCN(CC)c1ccc(/N=N/c2ccc(/C=C3/SC(=S)N(CC(=O)O)C3=S)cc2)cc1. The van der Waals surface area contributed by atoms with Gasteiger partial charge in [-0.1, -0.05) is 48.3 Å². The maximum absolute atomic E-state index is 11.0. The number of hydrogen-bond acceptors (Lipinski definition) is 7. The Hall–Kier alpha value is -2.62. The highest BCUT2D eigenvalue weighted by Crippen LogP contribution is 2.33. The van der Waals surface area contributed by atoms with Crippen LogP contribution in [0.5, 0.6) is 0 Å². The molecule has 0 amide bonds. The summed E-state index contributed by atoms with van der Waals surface area (Å²) in [5.41, 5.74) is 3.62. The summed E-state index contributed by atoms with van der Waals surface area (Å²) in [5, 5.41) is 17.6. The van der Waals surface area contributed by atoms with Crippen LogP contribution in [0, 0.1) is 0 Å². The Morgan fingerprint density at radius 3 is 2.10 bits per heavy atom. The molecule has 0 aromatic heterocycles. The number of aliphatic carboxylic acids is 1. The summed E-state index contributed by atoms with van der Waals surface area (Å²) in [5.74, 6) is -0.969. The van der Waals surface area contributed by atoms with E-state index in [0.717, 1.165) is 34.9 Å². The molecule has 0 radical (unpaired) electrons. The number of carboxylic acid groups (broad SMARTS) is 1. The molecular weight excluding hydrogens is 448 g/mol. The summed E-state index contributed by atoms with van der Waals surface area (Å²) in [6.45, 7) is 5.97. The zero-order chi connectivity index (χ0) is 22.4. The van der Waals surface area contributed by atoms with Crippen molar-refractivity contribution in [2.45, 2.75) is 13.8 Å². The molecule has 0 spiro atoms. The van der Waals surface area contributed by atoms with Gasteiger partial charge in [0.1, 0.15) is 15.9 Å². The molecule has 6 nitrogen and oxygen atoms in total. The fourth-order valence-electron chi connectivity index (χ4n) is 2.99. The first kappa shape index (κ1) is 23.1. The lowest BCUT2D eigenvalue weighted by atomic mass is 10.2. The Morgan fingerprint density at radius 1 is 1.03 bits per heavy atom. The molecule has 1 saturated heterocycles. The topological polar surface area (TPSA) is 68.5 Å². The Balaban J connectivity index is 1.67. The highest BCUT2D eigenvalue weighted by Gasteiger charge is 2.29. The first-order chi connectivity index (χ1) is 14.9. The van der Waals surface area contributed by atoms with Gasteiger partial charge in [-0.3, -0.25) is 4.79 Å². The Labute approximate surface area is 196 Å². The zero-order valence-electron chi connectivity index (χ0n) is 17.2. The van der Waals surface area contributed by atoms with Gasteiger partial charge in [-0.15, -0.1) is 0 Å². The molecule has 0 saturated carbocycles. The standard InChI is InChI=1S/C22H22N4O2S3/c1-3-25(4-2)18-11-9-17(10-12-18)24-23-16-7-5-15(6-8-16)13-19-21(29)26(14-20(27)28)22(30)31-19/h5-13H,3-4,14H2,1-2H3,(H,27,28)/b19-13+,24-23+. The van der Waals surface area contributed by atoms with Crippen molar-refractivity contribution in [1.82, 2.24) is 4.90 Å². The normalized spacial score (nSPS) is 15.3. The average molecular weight is 471 g/mol. The van der Waals surface area contributed by atoms with E-state index in [-0.39, 0.29) is 6.54 Å². The van der Waals surface area contributed by atoms with Crippen molar-refractivity contribution in [3.63, 3.8) is 0 Å². The van der Waals surface area contributed by atoms with Crippen LogP contribution in [-0.2, 0) is 4.79 Å². The number of carboxylic acids is 1. The van der Waals surface area contributed by atoms with E-state index in [0.29, 0.717) is 9.31 Å². The number of carbonyl (C=O) groups is 1. The van der Waals surface area contributed by atoms with Crippen LogP contribution in [0.4, 0.5) is 17.1 Å². The highest BCUT2D eigenvalue weighted by atomic mass is 32.2. The largest absolute Gasteiger partial charge is 0.480 e. The van der Waals surface area contributed by atoms with Gasteiger partial charge in [0.25, 0.3) is 0 Å². The fraction of sp³-hybridized carbons (Fsp3) is 0.227. The van der Waals surface area contributed by atoms with E-state index in [2.05, 4.69) is 41.1 Å². The van der Waals surface area contributed by atoms with Crippen molar-refractivity contribution >= 4 is 74.6 Å². The smallest absolute Gasteiger partial charge is 0.323 e. The van der Waals surface area contributed by atoms with E-state index in [4.69, 9.17) is 29.5 Å². The summed E-state index contributed by atoms with van der Waals surface area (Å²) >= 11 is 11.9. The van der Waals surface area contributed by atoms with Gasteiger partial charge >= 0.3 is 5.97 Å². The van der Waals surface area contributed by atoms with E-state index >= 15 is 0 Å². The van der Waals surface area contributed by atoms with E-state index in [1.54, 1.807) is 0 Å². The third-order valence-electron chi connectivity index (χ3n) is 4.62. The number of azo groups is 1. The predicted molar refractivity (Wildman–Crippen MR) is 136 cm³/mol. The molecule has 1 fully saturated rings. The molecule has 1 heterocycles. The second kappa shape index (κ2) is 10.6. The van der Waals surface area contributed by atoms with E-state index in [1.165, 1.54) is 22.3 Å². The maximum atomic E-state index is 11.0. The maximum Gasteiger partial charge on any atom is 0.323 e. The van der Waals surface area contributed by atoms with E-state index in [1.807, 2.05) is 42.5 Å². The molecule has 2 aromatic carbocycles. The quantitative estimate of drug-likeness (QED) is 0.287. The molecule has 0 aliphatic carbocycles. The number of hydrogen-bond donors (Lipinski definition) is 1.